The molecule has 4 nitrogen and oxygen atoms in total. The van der Waals surface area contributed by atoms with Gasteiger partial charge >= 0.3 is 0 Å². The number of amides is 2. The van der Waals surface area contributed by atoms with Crippen molar-refractivity contribution < 1.29 is 9.59 Å². The van der Waals surface area contributed by atoms with E-state index in [0.29, 0.717) is 6.54 Å². The zero-order valence-corrected chi connectivity index (χ0v) is 12.8. The summed E-state index contributed by atoms with van der Waals surface area (Å²) in [6, 6.07) is 11.9. The van der Waals surface area contributed by atoms with Gasteiger partial charge in [-0.1, -0.05) is 36.8 Å². The molecule has 4 rings (SSSR count). The lowest BCUT2D eigenvalue weighted by atomic mass is 10.00. The fourth-order valence-electron chi connectivity index (χ4n) is 3.73. The summed E-state index contributed by atoms with van der Waals surface area (Å²) < 4.78 is 0. The normalized spacial score (nSPS) is 23.4. The standard InChI is InChI=1S/C19H18N2O2/c22-18-16-4-1-5-17(16)19(23)21(18)12-13-6-8-14(9-7-13)15-3-2-10-20-11-15/h2-3,6-11,16-17H,1,4-5,12H2/t16-,17+. The number of pyridine rings is 1. The topological polar surface area (TPSA) is 50.3 Å². The van der Waals surface area contributed by atoms with Gasteiger partial charge in [-0.25, -0.2) is 0 Å². The van der Waals surface area contributed by atoms with Gasteiger partial charge in [-0.3, -0.25) is 19.5 Å². The maximum absolute atomic E-state index is 12.4. The molecule has 0 radical (unpaired) electrons. The van der Waals surface area contributed by atoms with E-state index in [2.05, 4.69) is 4.98 Å². The van der Waals surface area contributed by atoms with Crippen LogP contribution in [0.3, 0.4) is 0 Å². The first-order valence-corrected chi connectivity index (χ1v) is 8.08. The molecular weight excluding hydrogens is 288 g/mol. The van der Waals surface area contributed by atoms with E-state index in [-0.39, 0.29) is 23.7 Å². The summed E-state index contributed by atoms with van der Waals surface area (Å²) in [5.74, 6) is -0.0722. The molecule has 0 unspecified atom stereocenters. The Morgan fingerprint density at radius 3 is 2.26 bits per heavy atom. The molecular formula is C19H18N2O2. The summed E-state index contributed by atoms with van der Waals surface area (Å²) >= 11 is 0. The van der Waals surface area contributed by atoms with Gasteiger partial charge in [-0.15, -0.1) is 0 Å². The second-order valence-corrected chi connectivity index (χ2v) is 6.35. The van der Waals surface area contributed by atoms with Crippen LogP contribution < -0.4 is 0 Å². The van der Waals surface area contributed by atoms with E-state index in [4.69, 9.17) is 0 Å². The van der Waals surface area contributed by atoms with Crippen molar-refractivity contribution in [3.8, 4) is 11.1 Å². The molecule has 116 valence electrons. The monoisotopic (exact) mass is 306 g/mol. The number of aromatic nitrogens is 1. The number of hydrogen-bond donors (Lipinski definition) is 0. The van der Waals surface area contributed by atoms with Gasteiger partial charge < -0.3 is 0 Å². The number of likely N-dealkylation sites (tertiary alicyclic amines) is 1. The van der Waals surface area contributed by atoms with Crippen LogP contribution in [0.25, 0.3) is 11.1 Å². The molecule has 1 saturated heterocycles. The Labute approximate surface area is 135 Å². The Morgan fingerprint density at radius 1 is 0.957 bits per heavy atom. The second kappa shape index (κ2) is 5.61. The number of carbonyl (C=O) groups is 2. The molecule has 1 aromatic heterocycles. The Morgan fingerprint density at radius 2 is 1.65 bits per heavy atom. The van der Waals surface area contributed by atoms with Crippen molar-refractivity contribution in [2.24, 2.45) is 11.8 Å². The summed E-state index contributed by atoms with van der Waals surface area (Å²) in [4.78, 5) is 30.3. The molecule has 4 heteroatoms. The number of fused-ring (bicyclic) bond motifs is 1. The maximum atomic E-state index is 12.4. The average Bonchev–Trinajstić information content (AvgIpc) is 3.16. The van der Waals surface area contributed by atoms with Gasteiger partial charge in [0, 0.05) is 12.4 Å². The smallest absolute Gasteiger partial charge is 0.233 e. The fraction of sp³-hybridized carbons (Fsp3) is 0.316. The van der Waals surface area contributed by atoms with Gasteiger partial charge in [-0.05, 0) is 35.6 Å². The van der Waals surface area contributed by atoms with Crippen molar-refractivity contribution in [1.82, 2.24) is 9.88 Å². The van der Waals surface area contributed by atoms with Crippen LogP contribution in [0.2, 0.25) is 0 Å². The zero-order chi connectivity index (χ0) is 15.8. The first kappa shape index (κ1) is 14.1. The minimum atomic E-state index is -0.0582. The summed E-state index contributed by atoms with van der Waals surface area (Å²) in [6.45, 7) is 0.387. The highest BCUT2D eigenvalue weighted by Crippen LogP contribution is 2.40. The van der Waals surface area contributed by atoms with Crippen LogP contribution in [0.1, 0.15) is 24.8 Å². The number of nitrogens with zero attached hydrogens (tertiary/aromatic N) is 2. The van der Waals surface area contributed by atoms with Crippen LogP contribution >= 0.6 is 0 Å². The largest absolute Gasteiger partial charge is 0.278 e. The highest BCUT2D eigenvalue weighted by molar-refractivity contribution is 6.05. The summed E-state index contributed by atoms with van der Waals surface area (Å²) in [5.41, 5.74) is 3.12. The molecule has 1 aromatic carbocycles. The number of imide groups is 1. The molecule has 2 fully saturated rings. The lowest BCUT2D eigenvalue weighted by molar-refractivity contribution is -0.141. The van der Waals surface area contributed by atoms with Crippen LogP contribution in [0.15, 0.2) is 48.8 Å². The predicted molar refractivity (Wildman–Crippen MR) is 86.1 cm³/mol. The van der Waals surface area contributed by atoms with E-state index in [0.717, 1.165) is 36.0 Å². The Balaban J connectivity index is 1.52. The molecule has 2 aliphatic rings. The third-order valence-electron chi connectivity index (χ3n) is 4.97. The zero-order valence-electron chi connectivity index (χ0n) is 12.8. The second-order valence-electron chi connectivity index (χ2n) is 6.35. The van der Waals surface area contributed by atoms with Crippen LogP contribution in [0, 0.1) is 11.8 Å². The molecule has 1 aliphatic heterocycles. The van der Waals surface area contributed by atoms with E-state index in [9.17, 15) is 9.59 Å². The lowest BCUT2D eigenvalue weighted by Crippen LogP contribution is -2.31. The molecule has 2 amide bonds. The molecule has 1 aliphatic carbocycles. The van der Waals surface area contributed by atoms with Gasteiger partial charge in [0.05, 0.1) is 18.4 Å². The van der Waals surface area contributed by atoms with Gasteiger partial charge in [0.15, 0.2) is 0 Å². The van der Waals surface area contributed by atoms with Gasteiger partial charge in [-0.2, -0.15) is 0 Å². The Kier molecular flexibility index (Phi) is 3.45. The van der Waals surface area contributed by atoms with Crippen molar-refractivity contribution in [2.75, 3.05) is 0 Å². The Bertz CT molecular complexity index is 718. The molecule has 23 heavy (non-hydrogen) atoms. The SMILES string of the molecule is O=C1[C@H]2CCC[C@H]2C(=O)N1Cc1ccc(-c2cccnc2)cc1. The average molecular weight is 306 g/mol. The third kappa shape index (κ3) is 2.44. The van der Waals surface area contributed by atoms with Crippen LogP contribution in [0.4, 0.5) is 0 Å². The van der Waals surface area contributed by atoms with E-state index in [1.54, 1.807) is 6.20 Å². The van der Waals surface area contributed by atoms with Gasteiger partial charge in [0.2, 0.25) is 11.8 Å². The molecule has 0 N–H and O–H groups in total. The molecule has 0 spiro atoms. The fourth-order valence-corrected chi connectivity index (χ4v) is 3.73. The highest BCUT2D eigenvalue weighted by Gasteiger charge is 2.49. The quantitative estimate of drug-likeness (QED) is 0.819. The molecule has 2 heterocycles. The van der Waals surface area contributed by atoms with Gasteiger partial charge in [0.1, 0.15) is 0 Å². The lowest BCUT2D eigenvalue weighted by Gasteiger charge is -2.16. The summed E-state index contributed by atoms with van der Waals surface area (Å²) in [5, 5.41) is 0. The minimum absolute atomic E-state index is 0.0221. The van der Waals surface area contributed by atoms with Gasteiger partial charge in [0.25, 0.3) is 0 Å². The molecule has 0 bridgehead atoms. The molecule has 2 atom stereocenters. The summed E-state index contributed by atoms with van der Waals surface area (Å²) in [6.07, 6.45) is 6.31. The first-order chi connectivity index (χ1) is 11.2. The third-order valence-corrected chi connectivity index (χ3v) is 4.97. The van der Waals surface area contributed by atoms with Crippen LogP contribution in [-0.2, 0) is 16.1 Å². The first-order valence-electron chi connectivity index (χ1n) is 8.08. The highest BCUT2D eigenvalue weighted by atomic mass is 16.2. The Hall–Kier alpha value is -2.49. The van der Waals surface area contributed by atoms with Crippen molar-refractivity contribution in [3.05, 3.63) is 54.4 Å². The van der Waals surface area contributed by atoms with Crippen molar-refractivity contribution in [3.63, 3.8) is 0 Å². The number of rotatable bonds is 3. The predicted octanol–water partition coefficient (Wildman–Crippen LogP) is 3.03. The van der Waals surface area contributed by atoms with E-state index >= 15 is 0 Å². The molecule has 1 saturated carbocycles. The van der Waals surface area contributed by atoms with E-state index in [1.807, 2.05) is 42.6 Å². The van der Waals surface area contributed by atoms with E-state index in [1.165, 1.54) is 4.90 Å². The van der Waals surface area contributed by atoms with E-state index < -0.39 is 0 Å². The van der Waals surface area contributed by atoms with Crippen molar-refractivity contribution >= 4 is 11.8 Å². The number of carbonyl (C=O) groups excluding carboxylic acids is 2. The minimum Gasteiger partial charge on any atom is -0.278 e. The number of hydrogen-bond acceptors (Lipinski definition) is 3. The maximum Gasteiger partial charge on any atom is 0.233 e. The summed E-state index contributed by atoms with van der Waals surface area (Å²) in [7, 11) is 0. The van der Waals surface area contributed by atoms with Crippen molar-refractivity contribution in [1.29, 1.82) is 0 Å². The van der Waals surface area contributed by atoms with Crippen LogP contribution in [0.5, 0.6) is 0 Å². The molecule has 2 aromatic rings. The number of benzene rings is 1. The van der Waals surface area contributed by atoms with Crippen LogP contribution in [-0.4, -0.2) is 21.7 Å². The van der Waals surface area contributed by atoms with Crippen molar-refractivity contribution in [2.45, 2.75) is 25.8 Å².